The highest BCUT2D eigenvalue weighted by molar-refractivity contribution is 6.09. The first-order valence-electron chi connectivity index (χ1n) is 15.8. The van der Waals surface area contributed by atoms with Gasteiger partial charge in [0, 0.05) is 11.6 Å². The second-order valence-electron chi connectivity index (χ2n) is 11.8. The quantitative estimate of drug-likeness (QED) is 0.197. The molecule has 0 saturated heterocycles. The summed E-state index contributed by atoms with van der Waals surface area (Å²) in [6.07, 6.45) is 1.87. The van der Waals surface area contributed by atoms with E-state index in [1.807, 2.05) is 36.5 Å². The summed E-state index contributed by atoms with van der Waals surface area (Å²) in [4.78, 5) is 15.2. The van der Waals surface area contributed by atoms with E-state index in [1.54, 1.807) is 0 Å². The average molecular weight is 601 g/mol. The molecule has 0 aliphatic carbocycles. The summed E-state index contributed by atoms with van der Waals surface area (Å²) in [6, 6.07) is 57.3. The van der Waals surface area contributed by atoms with Gasteiger partial charge in [-0.15, -0.1) is 0 Å². The molecule has 0 spiro atoms. The van der Waals surface area contributed by atoms with E-state index < -0.39 is 0 Å². The largest absolute Gasteiger partial charge is 0.276 e. The highest BCUT2D eigenvalue weighted by Gasteiger charge is 2.19. The summed E-state index contributed by atoms with van der Waals surface area (Å²) in [7, 11) is 0. The Balaban J connectivity index is 1.29. The minimum absolute atomic E-state index is 0.788. The van der Waals surface area contributed by atoms with Crippen molar-refractivity contribution >= 4 is 33.1 Å². The summed E-state index contributed by atoms with van der Waals surface area (Å²) in [6.45, 7) is 0. The molecule has 0 unspecified atom stereocenters. The highest BCUT2D eigenvalue weighted by Crippen LogP contribution is 2.37. The lowest BCUT2D eigenvalue weighted by molar-refractivity contribution is 1.06. The zero-order valence-electron chi connectivity index (χ0n) is 25.5. The number of para-hydroxylation sites is 2. The van der Waals surface area contributed by atoms with E-state index in [0.717, 1.165) is 61.2 Å². The van der Waals surface area contributed by atoms with Crippen molar-refractivity contribution in [2.75, 3.05) is 0 Å². The molecule has 0 atom stereocenters. The molecule has 4 heteroatoms. The van der Waals surface area contributed by atoms with Gasteiger partial charge in [-0.05, 0) is 99.1 Å². The van der Waals surface area contributed by atoms with Crippen molar-refractivity contribution in [2.45, 2.75) is 0 Å². The topological polar surface area (TPSA) is 43.6 Å². The van der Waals surface area contributed by atoms with E-state index in [9.17, 15) is 0 Å². The van der Waals surface area contributed by atoms with Gasteiger partial charge in [0.15, 0.2) is 5.65 Å². The van der Waals surface area contributed by atoms with Crippen molar-refractivity contribution in [2.24, 2.45) is 0 Å². The summed E-state index contributed by atoms with van der Waals surface area (Å²) in [5, 5.41) is 1.04. The van der Waals surface area contributed by atoms with Gasteiger partial charge in [-0.25, -0.2) is 15.0 Å². The van der Waals surface area contributed by atoms with Crippen LogP contribution in [0.2, 0.25) is 0 Å². The number of hydrogen-bond donors (Lipinski definition) is 0. The van der Waals surface area contributed by atoms with Crippen LogP contribution >= 0.6 is 0 Å². The Morgan fingerprint density at radius 2 is 0.894 bits per heavy atom. The monoisotopic (exact) mass is 600 g/mol. The van der Waals surface area contributed by atoms with Crippen LogP contribution < -0.4 is 0 Å². The third kappa shape index (κ3) is 4.84. The first kappa shape index (κ1) is 27.0. The van der Waals surface area contributed by atoms with E-state index in [1.165, 1.54) is 22.3 Å². The molecule has 9 aromatic rings. The fourth-order valence-corrected chi connectivity index (χ4v) is 6.51. The first-order chi connectivity index (χ1) is 23.3. The molecule has 220 valence electrons. The van der Waals surface area contributed by atoms with Crippen LogP contribution in [-0.2, 0) is 0 Å². The molecule has 4 nitrogen and oxygen atoms in total. The number of rotatable bonds is 5. The number of aromatic nitrogens is 4. The predicted molar refractivity (Wildman–Crippen MR) is 193 cm³/mol. The second-order valence-corrected chi connectivity index (χ2v) is 11.8. The maximum Gasteiger partial charge on any atom is 0.166 e. The van der Waals surface area contributed by atoms with Gasteiger partial charge in [0.05, 0.1) is 16.6 Å². The van der Waals surface area contributed by atoms with E-state index in [2.05, 4.69) is 138 Å². The van der Waals surface area contributed by atoms with Gasteiger partial charge in [-0.3, -0.25) is 4.57 Å². The minimum Gasteiger partial charge on any atom is -0.276 e. The zero-order valence-corrected chi connectivity index (χ0v) is 25.5. The Bertz CT molecular complexity index is 2500. The smallest absolute Gasteiger partial charge is 0.166 e. The van der Waals surface area contributed by atoms with Crippen molar-refractivity contribution in [3.8, 4) is 50.3 Å². The number of hydrogen-bond acceptors (Lipinski definition) is 3. The van der Waals surface area contributed by atoms with E-state index in [0.29, 0.717) is 0 Å². The Kier molecular flexibility index (Phi) is 6.43. The summed E-state index contributed by atoms with van der Waals surface area (Å²) < 4.78 is 2.15. The lowest BCUT2D eigenvalue weighted by Crippen LogP contribution is -1.99. The van der Waals surface area contributed by atoms with Crippen molar-refractivity contribution < 1.29 is 0 Å². The molecule has 0 bridgehead atoms. The molecule has 0 radical (unpaired) electrons. The van der Waals surface area contributed by atoms with Crippen LogP contribution in [-0.4, -0.2) is 19.5 Å². The molecule has 47 heavy (non-hydrogen) atoms. The summed E-state index contributed by atoms with van der Waals surface area (Å²) in [5.41, 5.74) is 13.6. The summed E-state index contributed by atoms with van der Waals surface area (Å²) >= 11 is 0. The normalized spacial score (nSPS) is 11.4. The predicted octanol–water partition coefficient (Wildman–Crippen LogP) is 10.8. The van der Waals surface area contributed by atoms with Crippen LogP contribution in [0.25, 0.3) is 83.4 Å². The molecule has 6 aromatic carbocycles. The standard InChI is InChI=1S/C43H28N4/c1-4-12-29(13-5-1)33-22-23-44-41(28-33)47-40-21-20-32(27-37(40)42-43(47)46-39-19-11-10-18-38(39)45-42)36-25-34(30-14-6-2-7-15-30)24-35(26-36)31-16-8-3-9-17-31/h1-28H. The maximum atomic E-state index is 5.19. The summed E-state index contributed by atoms with van der Waals surface area (Å²) in [5.74, 6) is 0.807. The number of nitrogens with zero attached hydrogens (tertiary/aromatic N) is 4. The molecule has 0 aliphatic heterocycles. The molecule has 0 N–H and O–H groups in total. The minimum atomic E-state index is 0.788. The Morgan fingerprint density at radius 3 is 1.51 bits per heavy atom. The SMILES string of the molecule is c1ccc(-c2cc(-c3ccccc3)cc(-c3ccc4c(c3)c3nc5ccccc5nc3n4-c3cc(-c4ccccc4)ccn3)c2)cc1. The van der Waals surface area contributed by atoms with Gasteiger partial charge in [-0.1, -0.05) is 109 Å². The first-order valence-corrected chi connectivity index (χ1v) is 15.8. The lowest BCUT2D eigenvalue weighted by atomic mass is 9.93. The van der Waals surface area contributed by atoms with E-state index >= 15 is 0 Å². The highest BCUT2D eigenvalue weighted by atomic mass is 15.1. The van der Waals surface area contributed by atoms with Crippen LogP contribution in [0.5, 0.6) is 0 Å². The lowest BCUT2D eigenvalue weighted by Gasteiger charge is -2.12. The van der Waals surface area contributed by atoms with Crippen LogP contribution in [0.1, 0.15) is 0 Å². The molecule has 0 amide bonds. The van der Waals surface area contributed by atoms with E-state index in [-0.39, 0.29) is 0 Å². The zero-order chi connectivity index (χ0) is 31.2. The second kappa shape index (κ2) is 11.2. The van der Waals surface area contributed by atoms with Crippen molar-refractivity contribution in [1.29, 1.82) is 0 Å². The molecular weight excluding hydrogens is 573 g/mol. The molecule has 3 heterocycles. The molecule has 0 saturated carbocycles. The number of fused-ring (bicyclic) bond motifs is 4. The molecular formula is C43H28N4. The van der Waals surface area contributed by atoms with Gasteiger partial charge in [0.25, 0.3) is 0 Å². The average Bonchev–Trinajstić information content (AvgIpc) is 3.47. The number of pyridine rings is 1. The van der Waals surface area contributed by atoms with Gasteiger partial charge in [0.1, 0.15) is 11.3 Å². The fourth-order valence-electron chi connectivity index (χ4n) is 6.51. The number of benzene rings is 6. The third-order valence-corrected chi connectivity index (χ3v) is 8.82. The van der Waals surface area contributed by atoms with E-state index in [4.69, 9.17) is 15.0 Å². The van der Waals surface area contributed by atoms with Crippen molar-refractivity contribution in [1.82, 2.24) is 19.5 Å². The fraction of sp³-hybridized carbons (Fsp3) is 0. The van der Waals surface area contributed by atoms with Gasteiger partial charge < -0.3 is 0 Å². The molecule has 3 aromatic heterocycles. The van der Waals surface area contributed by atoms with Crippen molar-refractivity contribution in [3.05, 3.63) is 170 Å². The Labute approximate surface area is 272 Å². The van der Waals surface area contributed by atoms with Gasteiger partial charge >= 0.3 is 0 Å². The third-order valence-electron chi connectivity index (χ3n) is 8.82. The van der Waals surface area contributed by atoms with Gasteiger partial charge in [0.2, 0.25) is 0 Å². The maximum absolute atomic E-state index is 5.19. The molecule has 0 fully saturated rings. The molecule has 9 rings (SSSR count). The van der Waals surface area contributed by atoms with Crippen LogP contribution in [0, 0.1) is 0 Å². The van der Waals surface area contributed by atoms with Gasteiger partial charge in [-0.2, -0.15) is 0 Å². The van der Waals surface area contributed by atoms with Crippen molar-refractivity contribution in [3.63, 3.8) is 0 Å². The Morgan fingerprint density at radius 1 is 0.383 bits per heavy atom. The molecule has 0 aliphatic rings. The van der Waals surface area contributed by atoms with Crippen LogP contribution in [0.4, 0.5) is 0 Å². The Hall–Kier alpha value is -6.39. The van der Waals surface area contributed by atoms with Crippen LogP contribution in [0.3, 0.4) is 0 Å². The van der Waals surface area contributed by atoms with Crippen LogP contribution in [0.15, 0.2) is 170 Å².